The molecule has 1 aromatic heterocycles. The van der Waals surface area contributed by atoms with E-state index < -0.39 is 0 Å². The van der Waals surface area contributed by atoms with Gasteiger partial charge in [-0.2, -0.15) is 0 Å². The van der Waals surface area contributed by atoms with Crippen molar-refractivity contribution in [3.05, 3.63) is 48.5 Å². The molecule has 2 aliphatic rings. The number of piperidine rings is 1. The number of benzene rings is 1. The van der Waals surface area contributed by atoms with E-state index in [2.05, 4.69) is 24.3 Å². The second kappa shape index (κ2) is 8.92. The lowest BCUT2D eigenvalue weighted by molar-refractivity contribution is -0.134. The number of hydrazine groups is 1. The van der Waals surface area contributed by atoms with Crippen molar-refractivity contribution in [2.24, 2.45) is 0 Å². The smallest absolute Gasteiger partial charge is 0.234 e. The molecule has 8 heteroatoms. The minimum absolute atomic E-state index is 0.145. The maximum atomic E-state index is 12.6. The van der Waals surface area contributed by atoms with Gasteiger partial charge in [-0.05, 0) is 57.2 Å². The van der Waals surface area contributed by atoms with Crippen LogP contribution < -0.4 is 10.2 Å². The van der Waals surface area contributed by atoms with Crippen molar-refractivity contribution < 1.29 is 14.4 Å². The third-order valence-electron chi connectivity index (χ3n) is 5.28. The quantitative estimate of drug-likeness (QED) is 0.724. The number of nitrogens with one attached hydrogen (secondary N) is 1. The lowest BCUT2D eigenvalue weighted by atomic mass is 9.98. The van der Waals surface area contributed by atoms with Gasteiger partial charge in [-0.25, -0.2) is 0 Å². The molecule has 0 saturated carbocycles. The average Bonchev–Trinajstić information content (AvgIpc) is 3.18. The van der Waals surface area contributed by atoms with Gasteiger partial charge in [-0.1, -0.05) is 18.2 Å². The van der Waals surface area contributed by atoms with Crippen LogP contribution in [0.3, 0.4) is 0 Å². The molecule has 154 valence electrons. The highest BCUT2D eigenvalue weighted by atomic mass is 32.2. The van der Waals surface area contributed by atoms with Gasteiger partial charge in [-0.15, -0.1) is 0 Å². The summed E-state index contributed by atoms with van der Waals surface area (Å²) >= 11 is 1.31. The number of aromatic nitrogens is 1. The Morgan fingerprint density at radius 2 is 2.07 bits per heavy atom. The fraction of sp³-hybridized carbons (Fsp3) is 0.429. The van der Waals surface area contributed by atoms with Crippen molar-refractivity contribution in [3.63, 3.8) is 0 Å². The zero-order chi connectivity index (χ0) is 20.2. The van der Waals surface area contributed by atoms with Crippen LogP contribution in [-0.2, 0) is 9.63 Å². The molecule has 0 aliphatic carbocycles. The molecule has 29 heavy (non-hydrogen) atoms. The van der Waals surface area contributed by atoms with Crippen LogP contribution in [0.25, 0.3) is 10.9 Å². The molecule has 0 spiro atoms. The Hall–Kier alpha value is -2.45. The first-order chi connectivity index (χ1) is 14.1. The summed E-state index contributed by atoms with van der Waals surface area (Å²) in [7, 11) is 0. The predicted molar refractivity (Wildman–Crippen MR) is 113 cm³/mol. The van der Waals surface area contributed by atoms with Crippen LogP contribution in [0.2, 0.25) is 0 Å². The van der Waals surface area contributed by atoms with Crippen LogP contribution in [0, 0.1) is 0 Å². The largest absolute Gasteiger partial charge is 0.483 e. The Bertz CT molecular complexity index is 891. The van der Waals surface area contributed by atoms with E-state index in [9.17, 15) is 4.79 Å². The van der Waals surface area contributed by atoms with Crippen LogP contribution >= 0.6 is 11.9 Å². The minimum Gasteiger partial charge on any atom is -0.483 e. The first kappa shape index (κ1) is 19.8. The Morgan fingerprint density at radius 3 is 2.90 bits per heavy atom. The summed E-state index contributed by atoms with van der Waals surface area (Å²) in [5, 5.41) is 1.03. The van der Waals surface area contributed by atoms with Gasteiger partial charge < -0.3 is 14.5 Å². The van der Waals surface area contributed by atoms with Gasteiger partial charge in [0.1, 0.15) is 17.9 Å². The highest BCUT2D eigenvalue weighted by Crippen LogP contribution is 2.26. The summed E-state index contributed by atoms with van der Waals surface area (Å²) in [4.78, 5) is 24.8. The highest BCUT2D eigenvalue weighted by Gasteiger charge is 2.29. The number of hydrogen-bond donors (Lipinski definition) is 1. The Kier molecular flexibility index (Phi) is 6.10. The molecular weight excluding hydrogens is 388 g/mol. The van der Waals surface area contributed by atoms with E-state index in [1.54, 1.807) is 12.4 Å². The molecule has 1 fully saturated rings. The lowest BCUT2D eigenvalue weighted by Gasteiger charge is -2.39. The molecule has 0 radical (unpaired) electrons. The number of rotatable bonds is 6. The van der Waals surface area contributed by atoms with E-state index in [4.69, 9.17) is 9.57 Å². The number of nitrogens with zero attached hydrogens (tertiary/aromatic N) is 3. The molecule has 1 N–H and O–H groups in total. The highest BCUT2D eigenvalue weighted by molar-refractivity contribution is 7.97. The van der Waals surface area contributed by atoms with Crippen LogP contribution in [0.1, 0.15) is 33.1 Å². The molecule has 1 amide bonds. The normalized spacial score (nSPS) is 22.1. The number of likely N-dealkylation sites (tertiary alicyclic amines) is 1. The molecule has 2 aliphatic heterocycles. The van der Waals surface area contributed by atoms with Crippen LogP contribution in [0.15, 0.2) is 48.5 Å². The van der Waals surface area contributed by atoms with Gasteiger partial charge >= 0.3 is 0 Å². The Labute approximate surface area is 175 Å². The molecule has 1 aromatic carbocycles. The van der Waals surface area contributed by atoms with E-state index in [1.165, 1.54) is 22.9 Å². The van der Waals surface area contributed by atoms with Gasteiger partial charge in [0.05, 0.1) is 12.0 Å². The van der Waals surface area contributed by atoms with E-state index in [1.807, 2.05) is 35.2 Å². The molecule has 0 bridgehead atoms. The summed E-state index contributed by atoms with van der Waals surface area (Å²) in [5.74, 6) is 1.82. The van der Waals surface area contributed by atoms with Crippen molar-refractivity contribution in [1.29, 1.82) is 0 Å². The maximum Gasteiger partial charge on any atom is 0.234 e. The lowest BCUT2D eigenvalue weighted by Crippen LogP contribution is -2.48. The summed E-state index contributed by atoms with van der Waals surface area (Å²) in [6.07, 6.45) is 6.83. The van der Waals surface area contributed by atoms with Gasteiger partial charge in [0, 0.05) is 28.2 Å². The molecule has 2 aromatic rings. The number of para-hydroxylation sites is 1. The van der Waals surface area contributed by atoms with Crippen molar-refractivity contribution in [2.45, 2.75) is 45.2 Å². The molecule has 1 saturated heterocycles. The first-order valence-electron chi connectivity index (χ1n) is 9.96. The topological polar surface area (TPSA) is 66.9 Å². The van der Waals surface area contributed by atoms with Gasteiger partial charge in [0.15, 0.2) is 5.76 Å². The van der Waals surface area contributed by atoms with Crippen molar-refractivity contribution in [3.8, 4) is 5.75 Å². The van der Waals surface area contributed by atoms with Gasteiger partial charge in [0.2, 0.25) is 5.91 Å². The Balaban J connectivity index is 1.25. The molecule has 4 rings (SSSR count). The van der Waals surface area contributed by atoms with E-state index >= 15 is 0 Å². The average molecular weight is 415 g/mol. The minimum atomic E-state index is 0.145. The fourth-order valence-corrected chi connectivity index (χ4v) is 4.51. The summed E-state index contributed by atoms with van der Waals surface area (Å²) in [6, 6.07) is 10.3. The number of carbonyl (C=O) groups is 1. The number of hydrogen-bond acceptors (Lipinski definition) is 7. The first-order valence-corrected chi connectivity index (χ1v) is 10.9. The molecular formula is C21H26N4O3S. The van der Waals surface area contributed by atoms with Crippen LogP contribution in [0.4, 0.5) is 0 Å². The van der Waals surface area contributed by atoms with Crippen molar-refractivity contribution in [1.82, 2.24) is 19.9 Å². The second-order valence-corrected chi connectivity index (χ2v) is 8.29. The molecule has 3 heterocycles. The SMILES string of the molecule is CC1CCCC(C)N1C(=O)CSN1NC=C(COc2cccc3cccnc23)O1. The molecule has 7 nitrogen and oxygen atoms in total. The zero-order valence-electron chi connectivity index (χ0n) is 16.7. The number of fused-ring (bicyclic) bond motifs is 1. The van der Waals surface area contributed by atoms with Crippen LogP contribution in [-0.4, -0.2) is 44.8 Å². The zero-order valence-corrected chi connectivity index (χ0v) is 17.5. The second-order valence-electron chi connectivity index (χ2n) is 7.41. The van der Waals surface area contributed by atoms with Crippen molar-refractivity contribution >= 4 is 28.8 Å². The van der Waals surface area contributed by atoms with E-state index in [-0.39, 0.29) is 12.5 Å². The third-order valence-corrected chi connectivity index (χ3v) is 6.07. The number of pyridine rings is 1. The fourth-order valence-electron chi connectivity index (χ4n) is 3.86. The Morgan fingerprint density at radius 1 is 1.28 bits per heavy atom. The molecule has 2 unspecified atom stereocenters. The summed E-state index contributed by atoms with van der Waals surface area (Å²) in [6.45, 7) is 4.53. The van der Waals surface area contributed by atoms with Crippen LogP contribution in [0.5, 0.6) is 5.75 Å². The van der Waals surface area contributed by atoms with Gasteiger partial charge in [-0.3, -0.25) is 15.2 Å². The summed E-state index contributed by atoms with van der Waals surface area (Å²) < 4.78 is 7.39. The number of carbonyl (C=O) groups excluding carboxylic acids is 1. The van der Waals surface area contributed by atoms with E-state index in [0.717, 1.165) is 23.7 Å². The number of amides is 1. The third kappa shape index (κ3) is 4.59. The molecule has 2 atom stereocenters. The number of ether oxygens (including phenoxy) is 1. The summed E-state index contributed by atoms with van der Waals surface area (Å²) in [5.41, 5.74) is 3.83. The van der Waals surface area contributed by atoms with E-state index in [0.29, 0.717) is 29.3 Å². The predicted octanol–water partition coefficient (Wildman–Crippen LogP) is 3.64. The maximum absolute atomic E-state index is 12.6. The monoisotopic (exact) mass is 414 g/mol. The van der Waals surface area contributed by atoms with Crippen molar-refractivity contribution in [2.75, 3.05) is 12.4 Å². The standard InChI is InChI=1S/C21H26N4O3S/c1-15-6-3-7-16(2)24(15)20(26)14-29-25-23-12-18(28-25)13-27-19-10-4-8-17-9-5-11-22-21(17)19/h4-5,8-12,15-16,23H,3,6-7,13-14H2,1-2H3. The van der Waals surface area contributed by atoms with Gasteiger partial charge in [0.25, 0.3) is 0 Å².